The number of phenolic OH excluding ortho intramolecular Hbond substituents is 1. The number of phenols is 1. The summed E-state index contributed by atoms with van der Waals surface area (Å²) in [5, 5.41) is 12.7. The van der Waals surface area contributed by atoms with Crippen molar-refractivity contribution in [1.82, 2.24) is 10.3 Å². The Kier molecular flexibility index (Phi) is 3.89. The highest BCUT2D eigenvalue weighted by molar-refractivity contribution is 5.33. The second-order valence-electron chi connectivity index (χ2n) is 4.10. The van der Waals surface area contributed by atoms with Crippen molar-refractivity contribution in [1.29, 1.82) is 0 Å². The van der Waals surface area contributed by atoms with Gasteiger partial charge in [-0.2, -0.15) is 0 Å². The van der Waals surface area contributed by atoms with E-state index in [9.17, 15) is 9.50 Å². The van der Waals surface area contributed by atoms with Crippen LogP contribution in [0.4, 0.5) is 4.39 Å². The number of pyridine rings is 1. The van der Waals surface area contributed by atoms with E-state index in [0.29, 0.717) is 12.1 Å². The molecule has 1 heterocycles. The van der Waals surface area contributed by atoms with Gasteiger partial charge in [0.25, 0.3) is 0 Å². The minimum Gasteiger partial charge on any atom is -0.505 e. The van der Waals surface area contributed by atoms with Crippen LogP contribution < -0.4 is 5.32 Å². The molecule has 2 rings (SSSR count). The third-order valence-electron chi connectivity index (χ3n) is 2.80. The number of hydrogen-bond donors (Lipinski definition) is 2. The predicted molar refractivity (Wildman–Crippen MR) is 67.6 cm³/mol. The Hall–Kier alpha value is -1.94. The van der Waals surface area contributed by atoms with Gasteiger partial charge in [0.2, 0.25) is 0 Å². The molecule has 18 heavy (non-hydrogen) atoms. The Morgan fingerprint density at radius 2 is 2.11 bits per heavy atom. The summed E-state index contributed by atoms with van der Waals surface area (Å²) in [5.41, 5.74) is 1.45. The molecule has 3 nitrogen and oxygen atoms in total. The second kappa shape index (κ2) is 5.60. The first kappa shape index (κ1) is 12.5. The normalized spacial score (nSPS) is 12.3. The number of aromatic nitrogens is 1. The van der Waals surface area contributed by atoms with E-state index in [1.165, 1.54) is 6.07 Å². The SMILES string of the molecule is C[C@H](NCc1cccc(F)c1O)c1ccccn1. The molecule has 1 atom stereocenters. The van der Waals surface area contributed by atoms with Gasteiger partial charge in [-0.15, -0.1) is 0 Å². The van der Waals surface area contributed by atoms with E-state index in [4.69, 9.17) is 0 Å². The van der Waals surface area contributed by atoms with Gasteiger partial charge in [-0.05, 0) is 25.1 Å². The molecule has 0 unspecified atom stereocenters. The number of hydrogen-bond acceptors (Lipinski definition) is 3. The van der Waals surface area contributed by atoms with Gasteiger partial charge in [0.1, 0.15) is 0 Å². The molecule has 0 fully saturated rings. The van der Waals surface area contributed by atoms with Crippen LogP contribution in [0.1, 0.15) is 24.2 Å². The maximum absolute atomic E-state index is 13.1. The predicted octanol–water partition coefficient (Wildman–Crippen LogP) is 2.78. The Labute approximate surface area is 105 Å². The second-order valence-corrected chi connectivity index (χ2v) is 4.10. The van der Waals surface area contributed by atoms with Crippen LogP contribution in [0, 0.1) is 5.82 Å². The van der Waals surface area contributed by atoms with Gasteiger partial charge >= 0.3 is 0 Å². The van der Waals surface area contributed by atoms with Crippen LogP contribution in [-0.4, -0.2) is 10.1 Å². The topological polar surface area (TPSA) is 45.1 Å². The summed E-state index contributed by atoms with van der Waals surface area (Å²) < 4.78 is 13.1. The summed E-state index contributed by atoms with van der Waals surface area (Å²) in [6.45, 7) is 2.36. The van der Waals surface area contributed by atoms with E-state index >= 15 is 0 Å². The highest BCUT2D eigenvalue weighted by Crippen LogP contribution is 2.21. The summed E-state index contributed by atoms with van der Waals surface area (Å²) >= 11 is 0. The molecule has 0 saturated heterocycles. The first-order valence-corrected chi connectivity index (χ1v) is 5.79. The Bertz CT molecular complexity index is 516. The van der Waals surface area contributed by atoms with Crippen LogP contribution >= 0.6 is 0 Å². The summed E-state index contributed by atoms with van der Waals surface area (Å²) in [7, 11) is 0. The molecule has 2 aromatic rings. The van der Waals surface area contributed by atoms with Gasteiger partial charge in [0.05, 0.1) is 5.69 Å². The molecule has 4 heteroatoms. The van der Waals surface area contributed by atoms with Crippen molar-refractivity contribution < 1.29 is 9.50 Å². The van der Waals surface area contributed by atoms with Crippen molar-refractivity contribution in [3.8, 4) is 5.75 Å². The van der Waals surface area contributed by atoms with E-state index in [2.05, 4.69) is 10.3 Å². The molecular formula is C14H15FN2O. The van der Waals surface area contributed by atoms with Crippen LogP contribution in [0.2, 0.25) is 0 Å². The van der Waals surface area contributed by atoms with Crippen molar-refractivity contribution in [3.05, 3.63) is 59.7 Å². The van der Waals surface area contributed by atoms with E-state index < -0.39 is 5.82 Å². The molecule has 1 aromatic heterocycles. The van der Waals surface area contributed by atoms with Crippen LogP contribution in [0.25, 0.3) is 0 Å². The fraction of sp³-hybridized carbons (Fsp3) is 0.214. The number of rotatable bonds is 4. The van der Waals surface area contributed by atoms with E-state index in [0.717, 1.165) is 5.69 Å². The molecule has 0 spiro atoms. The highest BCUT2D eigenvalue weighted by atomic mass is 19.1. The molecule has 0 aliphatic heterocycles. The van der Waals surface area contributed by atoms with Crippen molar-refractivity contribution in [3.63, 3.8) is 0 Å². The maximum Gasteiger partial charge on any atom is 0.165 e. The molecule has 0 radical (unpaired) electrons. The Morgan fingerprint density at radius 3 is 2.83 bits per heavy atom. The number of halogens is 1. The zero-order valence-electron chi connectivity index (χ0n) is 10.1. The van der Waals surface area contributed by atoms with Gasteiger partial charge in [0, 0.05) is 24.3 Å². The van der Waals surface area contributed by atoms with Gasteiger partial charge in [-0.1, -0.05) is 18.2 Å². The first-order chi connectivity index (χ1) is 8.68. The number of para-hydroxylation sites is 1. The van der Waals surface area contributed by atoms with Crippen LogP contribution in [0.5, 0.6) is 5.75 Å². The van der Waals surface area contributed by atoms with Crippen molar-refractivity contribution in [2.24, 2.45) is 0 Å². The molecule has 1 aromatic carbocycles. The smallest absolute Gasteiger partial charge is 0.165 e. The minimum atomic E-state index is -0.597. The fourth-order valence-electron chi connectivity index (χ4n) is 1.70. The lowest BCUT2D eigenvalue weighted by Crippen LogP contribution is -2.19. The average Bonchev–Trinajstić information content (AvgIpc) is 2.41. The lowest BCUT2D eigenvalue weighted by molar-refractivity contribution is 0.420. The Morgan fingerprint density at radius 1 is 1.28 bits per heavy atom. The van der Waals surface area contributed by atoms with E-state index in [1.807, 2.05) is 25.1 Å². The quantitative estimate of drug-likeness (QED) is 0.872. The first-order valence-electron chi connectivity index (χ1n) is 5.79. The highest BCUT2D eigenvalue weighted by Gasteiger charge is 2.09. The lowest BCUT2D eigenvalue weighted by Gasteiger charge is -2.14. The number of aromatic hydroxyl groups is 1. The van der Waals surface area contributed by atoms with Crippen LogP contribution in [0.15, 0.2) is 42.6 Å². The number of nitrogens with one attached hydrogen (secondary N) is 1. The largest absolute Gasteiger partial charge is 0.505 e. The lowest BCUT2D eigenvalue weighted by atomic mass is 10.1. The molecule has 0 saturated carbocycles. The van der Waals surface area contributed by atoms with Crippen LogP contribution in [-0.2, 0) is 6.54 Å². The minimum absolute atomic E-state index is 0.0360. The standard InChI is InChI=1S/C14H15FN2O/c1-10(13-7-2-3-8-16-13)17-9-11-5-4-6-12(15)14(11)18/h2-8,10,17-18H,9H2,1H3/t10-/m0/s1. The van der Waals surface area contributed by atoms with Gasteiger partial charge in [0.15, 0.2) is 11.6 Å². The van der Waals surface area contributed by atoms with E-state index in [-0.39, 0.29) is 11.8 Å². The summed E-state index contributed by atoms with van der Waals surface area (Å²) in [6.07, 6.45) is 1.73. The van der Waals surface area contributed by atoms with Gasteiger partial charge in [-0.25, -0.2) is 4.39 Å². The molecule has 0 aliphatic rings. The zero-order chi connectivity index (χ0) is 13.0. The Balaban J connectivity index is 2.02. The summed E-state index contributed by atoms with van der Waals surface area (Å²) in [4.78, 5) is 4.23. The van der Waals surface area contributed by atoms with Gasteiger partial charge in [-0.3, -0.25) is 4.98 Å². The zero-order valence-corrected chi connectivity index (χ0v) is 10.1. The molecule has 0 aliphatic carbocycles. The molecule has 0 bridgehead atoms. The van der Waals surface area contributed by atoms with Crippen molar-refractivity contribution in [2.45, 2.75) is 19.5 Å². The number of benzene rings is 1. The van der Waals surface area contributed by atoms with Crippen molar-refractivity contribution >= 4 is 0 Å². The average molecular weight is 246 g/mol. The molecular weight excluding hydrogens is 231 g/mol. The third-order valence-corrected chi connectivity index (χ3v) is 2.80. The van der Waals surface area contributed by atoms with Crippen molar-refractivity contribution in [2.75, 3.05) is 0 Å². The maximum atomic E-state index is 13.1. The molecule has 2 N–H and O–H groups in total. The van der Waals surface area contributed by atoms with Gasteiger partial charge < -0.3 is 10.4 Å². The third kappa shape index (κ3) is 2.84. The van der Waals surface area contributed by atoms with E-state index in [1.54, 1.807) is 18.3 Å². The number of nitrogens with zero attached hydrogens (tertiary/aromatic N) is 1. The fourth-order valence-corrected chi connectivity index (χ4v) is 1.70. The van der Waals surface area contributed by atoms with Crippen LogP contribution in [0.3, 0.4) is 0 Å². The molecule has 94 valence electrons. The summed E-state index contributed by atoms with van der Waals surface area (Å²) in [6, 6.07) is 10.2. The summed E-state index contributed by atoms with van der Waals surface area (Å²) in [5.74, 6) is -0.891. The monoisotopic (exact) mass is 246 g/mol. The molecule has 0 amide bonds.